The third kappa shape index (κ3) is 4.03. The Morgan fingerprint density at radius 2 is 1.84 bits per heavy atom. The molecule has 0 atom stereocenters. The Hall–Kier alpha value is -2.73. The standard InChI is InChI=1S/C19H20N2O4/c22-18(14-15-5-4-8-17(13-15)21(23)24)25-19(9-11-20-12-10-19)16-6-2-1-3-7-16/h1-8,13,20H,9-12,14H2. The topological polar surface area (TPSA) is 81.5 Å². The minimum absolute atomic E-state index is 0.0176. The zero-order chi connectivity index (χ0) is 17.7. The average molecular weight is 340 g/mol. The zero-order valence-electron chi connectivity index (χ0n) is 13.8. The first-order valence-corrected chi connectivity index (χ1v) is 8.30. The Morgan fingerprint density at radius 3 is 2.52 bits per heavy atom. The number of ether oxygens (including phenoxy) is 1. The number of carbonyl (C=O) groups excluding carboxylic acids is 1. The molecule has 0 aliphatic carbocycles. The summed E-state index contributed by atoms with van der Waals surface area (Å²) in [5.41, 5.74) is 0.912. The molecule has 1 saturated heterocycles. The number of non-ortho nitro benzene ring substituents is 1. The molecule has 2 aromatic rings. The first kappa shape index (κ1) is 17.1. The third-order valence-electron chi connectivity index (χ3n) is 4.49. The highest BCUT2D eigenvalue weighted by atomic mass is 16.6. The molecule has 0 radical (unpaired) electrons. The molecule has 0 unspecified atom stereocenters. The van der Waals surface area contributed by atoms with E-state index in [1.807, 2.05) is 30.3 Å². The summed E-state index contributed by atoms with van der Waals surface area (Å²) in [6.45, 7) is 1.55. The highest BCUT2D eigenvalue weighted by molar-refractivity contribution is 5.73. The molecule has 0 saturated carbocycles. The van der Waals surface area contributed by atoms with Gasteiger partial charge in [-0.2, -0.15) is 0 Å². The van der Waals surface area contributed by atoms with Crippen molar-refractivity contribution in [2.24, 2.45) is 0 Å². The van der Waals surface area contributed by atoms with Gasteiger partial charge >= 0.3 is 5.97 Å². The SMILES string of the molecule is O=C(Cc1cccc([N+](=O)[O-])c1)OC1(c2ccccc2)CCNCC1. The summed E-state index contributed by atoms with van der Waals surface area (Å²) in [7, 11) is 0. The van der Waals surface area contributed by atoms with Crippen LogP contribution in [0.3, 0.4) is 0 Å². The van der Waals surface area contributed by atoms with Crippen LogP contribution in [0, 0.1) is 10.1 Å². The fourth-order valence-corrected chi connectivity index (χ4v) is 3.22. The van der Waals surface area contributed by atoms with E-state index in [1.54, 1.807) is 12.1 Å². The van der Waals surface area contributed by atoms with Crippen LogP contribution in [0.25, 0.3) is 0 Å². The van der Waals surface area contributed by atoms with Crippen molar-refractivity contribution in [1.82, 2.24) is 5.32 Å². The van der Waals surface area contributed by atoms with E-state index in [2.05, 4.69) is 5.32 Å². The largest absolute Gasteiger partial charge is 0.454 e. The van der Waals surface area contributed by atoms with Crippen LogP contribution in [0.4, 0.5) is 5.69 Å². The lowest BCUT2D eigenvalue weighted by Gasteiger charge is -2.37. The maximum absolute atomic E-state index is 12.5. The summed E-state index contributed by atoms with van der Waals surface area (Å²) in [5, 5.41) is 14.2. The number of hydrogen-bond donors (Lipinski definition) is 1. The minimum atomic E-state index is -0.635. The molecule has 0 amide bonds. The van der Waals surface area contributed by atoms with Gasteiger partial charge in [0.2, 0.25) is 0 Å². The Morgan fingerprint density at radius 1 is 1.12 bits per heavy atom. The van der Waals surface area contributed by atoms with E-state index in [1.165, 1.54) is 12.1 Å². The molecule has 1 fully saturated rings. The molecule has 1 aliphatic rings. The average Bonchev–Trinajstić information content (AvgIpc) is 2.63. The molecular formula is C19H20N2O4. The molecule has 130 valence electrons. The molecular weight excluding hydrogens is 320 g/mol. The normalized spacial score (nSPS) is 16.2. The van der Waals surface area contributed by atoms with Gasteiger partial charge in [0.25, 0.3) is 5.69 Å². The van der Waals surface area contributed by atoms with Gasteiger partial charge in [0.15, 0.2) is 0 Å². The van der Waals surface area contributed by atoms with Crippen LogP contribution in [-0.4, -0.2) is 24.0 Å². The first-order chi connectivity index (χ1) is 12.1. The Labute approximate surface area is 146 Å². The van der Waals surface area contributed by atoms with Crippen molar-refractivity contribution >= 4 is 11.7 Å². The van der Waals surface area contributed by atoms with Gasteiger partial charge in [-0.1, -0.05) is 42.5 Å². The number of nitro benzene ring substituents is 1. The van der Waals surface area contributed by atoms with Crippen molar-refractivity contribution in [3.8, 4) is 0 Å². The summed E-state index contributed by atoms with van der Waals surface area (Å²) >= 11 is 0. The molecule has 1 heterocycles. The minimum Gasteiger partial charge on any atom is -0.454 e. The van der Waals surface area contributed by atoms with Gasteiger partial charge in [-0.05, 0) is 24.2 Å². The van der Waals surface area contributed by atoms with E-state index in [-0.39, 0.29) is 18.1 Å². The van der Waals surface area contributed by atoms with Crippen LogP contribution < -0.4 is 5.32 Å². The fourth-order valence-electron chi connectivity index (χ4n) is 3.22. The first-order valence-electron chi connectivity index (χ1n) is 8.30. The maximum atomic E-state index is 12.5. The van der Waals surface area contributed by atoms with E-state index >= 15 is 0 Å². The van der Waals surface area contributed by atoms with Crippen LogP contribution >= 0.6 is 0 Å². The lowest BCUT2D eigenvalue weighted by Crippen LogP contribution is -2.43. The van der Waals surface area contributed by atoms with Gasteiger partial charge in [-0.25, -0.2) is 0 Å². The second-order valence-corrected chi connectivity index (χ2v) is 6.19. The molecule has 6 nitrogen and oxygen atoms in total. The predicted octanol–water partition coefficient (Wildman–Crippen LogP) is 2.96. The molecule has 0 bridgehead atoms. The molecule has 1 N–H and O–H groups in total. The van der Waals surface area contributed by atoms with E-state index in [9.17, 15) is 14.9 Å². The summed E-state index contributed by atoms with van der Waals surface area (Å²) in [6.07, 6.45) is 1.43. The number of benzene rings is 2. The van der Waals surface area contributed by atoms with E-state index in [0.717, 1.165) is 18.7 Å². The number of hydrogen-bond acceptors (Lipinski definition) is 5. The van der Waals surface area contributed by atoms with Crippen molar-refractivity contribution < 1.29 is 14.5 Å². The van der Waals surface area contributed by atoms with Gasteiger partial charge in [-0.15, -0.1) is 0 Å². The summed E-state index contributed by atoms with van der Waals surface area (Å²) < 4.78 is 5.92. The van der Waals surface area contributed by atoms with E-state index in [0.29, 0.717) is 18.4 Å². The van der Waals surface area contributed by atoms with E-state index < -0.39 is 10.5 Å². The fraction of sp³-hybridized carbons (Fsp3) is 0.316. The van der Waals surface area contributed by atoms with Crippen LogP contribution in [-0.2, 0) is 21.6 Å². The maximum Gasteiger partial charge on any atom is 0.311 e. The van der Waals surface area contributed by atoms with Crippen molar-refractivity contribution in [3.63, 3.8) is 0 Å². The van der Waals surface area contributed by atoms with Crippen molar-refractivity contribution in [1.29, 1.82) is 0 Å². The summed E-state index contributed by atoms with van der Waals surface area (Å²) in [4.78, 5) is 22.9. The second kappa shape index (κ2) is 7.44. The number of nitrogens with one attached hydrogen (secondary N) is 1. The van der Waals surface area contributed by atoms with Gasteiger partial charge in [-0.3, -0.25) is 14.9 Å². The molecule has 6 heteroatoms. The lowest BCUT2D eigenvalue weighted by molar-refractivity contribution is -0.384. The number of rotatable bonds is 5. The number of nitrogens with zero attached hydrogens (tertiary/aromatic N) is 1. The summed E-state index contributed by atoms with van der Waals surface area (Å²) in [6, 6.07) is 15.9. The molecule has 1 aliphatic heterocycles. The van der Waals surface area contributed by atoms with Gasteiger partial charge in [0, 0.05) is 25.0 Å². The number of nitro groups is 1. The molecule has 25 heavy (non-hydrogen) atoms. The van der Waals surface area contributed by atoms with Crippen LogP contribution in [0.15, 0.2) is 54.6 Å². The Balaban J connectivity index is 1.77. The van der Waals surface area contributed by atoms with Crippen LogP contribution in [0.5, 0.6) is 0 Å². The molecule has 0 spiro atoms. The molecule has 3 rings (SSSR count). The second-order valence-electron chi connectivity index (χ2n) is 6.19. The Bertz CT molecular complexity index is 755. The van der Waals surface area contributed by atoms with Crippen molar-refractivity contribution in [2.75, 3.05) is 13.1 Å². The Kier molecular flexibility index (Phi) is 5.09. The number of esters is 1. The summed E-state index contributed by atoms with van der Waals surface area (Å²) in [5.74, 6) is -0.369. The number of carbonyl (C=O) groups is 1. The molecule has 0 aromatic heterocycles. The smallest absolute Gasteiger partial charge is 0.311 e. The van der Waals surface area contributed by atoms with Gasteiger partial charge in [0.1, 0.15) is 5.60 Å². The highest BCUT2D eigenvalue weighted by Crippen LogP contribution is 2.35. The highest BCUT2D eigenvalue weighted by Gasteiger charge is 2.37. The van der Waals surface area contributed by atoms with E-state index in [4.69, 9.17) is 4.74 Å². The van der Waals surface area contributed by atoms with Crippen molar-refractivity contribution in [2.45, 2.75) is 24.9 Å². The monoisotopic (exact) mass is 340 g/mol. The third-order valence-corrected chi connectivity index (χ3v) is 4.49. The quantitative estimate of drug-likeness (QED) is 0.514. The lowest BCUT2D eigenvalue weighted by atomic mass is 9.84. The van der Waals surface area contributed by atoms with Gasteiger partial charge in [0.05, 0.1) is 11.3 Å². The molecule has 2 aromatic carbocycles. The van der Waals surface area contributed by atoms with Gasteiger partial charge < -0.3 is 10.1 Å². The number of piperidine rings is 1. The van der Waals surface area contributed by atoms with Crippen LogP contribution in [0.1, 0.15) is 24.0 Å². The van der Waals surface area contributed by atoms with Crippen molar-refractivity contribution in [3.05, 3.63) is 75.8 Å². The zero-order valence-corrected chi connectivity index (χ0v) is 13.8. The van der Waals surface area contributed by atoms with Crippen LogP contribution in [0.2, 0.25) is 0 Å². The predicted molar refractivity (Wildman–Crippen MR) is 93.1 cm³/mol.